The van der Waals surface area contributed by atoms with Gasteiger partial charge < -0.3 is 10.6 Å². The lowest BCUT2D eigenvalue weighted by Crippen LogP contribution is -2.33. The number of likely N-dealkylation sites (N-methyl/N-ethyl adjacent to an activating group) is 1. The van der Waals surface area contributed by atoms with Gasteiger partial charge in [-0.1, -0.05) is 12.2 Å². The quantitative estimate of drug-likeness (QED) is 0.581. The molecule has 0 radical (unpaired) electrons. The van der Waals surface area contributed by atoms with Gasteiger partial charge in [0.25, 0.3) is 0 Å². The van der Waals surface area contributed by atoms with Crippen LogP contribution in [0, 0.1) is 0 Å². The van der Waals surface area contributed by atoms with Gasteiger partial charge in [0.15, 0.2) is 0 Å². The molecule has 2 heteroatoms. The van der Waals surface area contributed by atoms with Gasteiger partial charge in [-0.3, -0.25) is 0 Å². The molecular weight excluding hydrogens is 124 g/mol. The lowest BCUT2D eigenvalue weighted by atomic mass is 10.2. The van der Waals surface area contributed by atoms with Gasteiger partial charge in [-0.25, -0.2) is 0 Å². The molecule has 0 saturated carbocycles. The van der Waals surface area contributed by atoms with Crippen molar-refractivity contribution in [2.24, 2.45) is 5.73 Å². The van der Waals surface area contributed by atoms with Crippen molar-refractivity contribution in [2.45, 2.75) is 18.9 Å². The second-order valence-electron chi connectivity index (χ2n) is 2.87. The summed E-state index contributed by atoms with van der Waals surface area (Å²) in [7, 11) is 2.14. The average Bonchev–Trinajstić information content (AvgIpc) is 2.38. The molecule has 0 aliphatic heterocycles. The summed E-state index contributed by atoms with van der Waals surface area (Å²) in [6.07, 6.45) is 6.91. The summed E-state index contributed by atoms with van der Waals surface area (Å²) >= 11 is 0. The van der Waals surface area contributed by atoms with Crippen LogP contribution >= 0.6 is 0 Å². The van der Waals surface area contributed by atoms with Crippen molar-refractivity contribution in [2.75, 3.05) is 20.1 Å². The van der Waals surface area contributed by atoms with E-state index in [0.29, 0.717) is 0 Å². The van der Waals surface area contributed by atoms with Crippen molar-refractivity contribution in [3.05, 3.63) is 12.2 Å². The summed E-state index contributed by atoms with van der Waals surface area (Å²) in [4.78, 5) is 2.33. The van der Waals surface area contributed by atoms with Gasteiger partial charge in [0.05, 0.1) is 0 Å². The minimum Gasteiger partial charge on any atom is -0.329 e. The Hall–Kier alpha value is -0.340. The first-order valence-electron chi connectivity index (χ1n) is 3.90. The van der Waals surface area contributed by atoms with Crippen LogP contribution in [0.4, 0.5) is 0 Å². The van der Waals surface area contributed by atoms with Crippen LogP contribution in [0.3, 0.4) is 0 Å². The number of rotatable bonds is 3. The lowest BCUT2D eigenvalue weighted by Gasteiger charge is -2.22. The summed E-state index contributed by atoms with van der Waals surface area (Å²) in [6, 6.07) is 0.726. The summed E-state index contributed by atoms with van der Waals surface area (Å²) in [5.74, 6) is 0. The molecule has 0 heterocycles. The molecule has 10 heavy (non-hydrogen) atoms. The fraction of sp³-hybridized carbons (Fsp3) is 0.750. The maximum atomic E-state index is 5.43. The lowest BCUT2D eigenvalue weighted by molar-refractivity contribution is 0.258. The Balaban J connectivity index is 2.21. The normalized spacial score (nSPS) is 19.1. The van der Waals surface area contributed by atoms with E-state index in [2.05, 4.69) is 24.1 Å². The van der Waals surface area contributed by atoms with Crippen LogP contribution in [-0.4, -0.2) is 31.1 Å². The average molecular weight is 140 g/mol. The monoisotopic (exact) mass is 140 g/mol. The molecule has 0 amide bonds. The highest BCUT2D eigenvalue weighted by atomic mass is 15.1. The fourth-order valence-electron chi connectivity index (χ4n) is 1.35. The summed E-state index contributed by atoms with van der Waals surface area (Å²) in [6.45, 7) is 1.79. The Bertz CT molecular complexity index is 112. The highest BCUT2D eigenvalue weighted by molar-refractivity contribution is 4.97. The maximum Gasteiger partial charge on any atom is 0.0162 e. The summed E-state index contributed by atoms with van der Waals surface area (Å²) in [5, 5.41) is 0. The van der Waals surface area contributed by atoms with E-state index in [1.54, 1.807) is 0 Å². The topological polar surface area (TPSA) is 29.3 Å². The Kier molecular flexibility index (Phi) is 2.90. The molecular formula is C8H16N2. The molecule has 0 atom stereocenters. The zero-order valence-electron chi connectivity index (χ0n) is 6.59. The molecule has 0 fully saturated rings. The molecule has 0 aromatic carbocycles. The second kappa shape index (κ2) is 3.74. The first kappa shape index (κ1) is 7.76. The molecule has 2 N–H and O–H groups in total. The van der Waals surface area contributed by atoms with E-state index in [1.807, 2.05) is 0 Å². The van der Waals surface area contributed by atoms with Crippen LogP contribution in [0.25, 0.3) is 0 Å². The van der Waals surface area contributed by atoms with Gasteiger partial charge in [-0.2, -0.15) is 0 Å². The van der Waals surface area contributed by atoms with Crippen LogP contribution in [-0.2, 0) is 0 Å². The van der Waals surface area contributed by atoms with Crippen molar-refractivity contribution in [1.82, 2.24) is 4.90 Å². The first-order valence-corrected chi connectivity index (χ1v) is 3.90. The van der Waals surface area contributed by atoms with Gasteiger partial charge in [0.2, 0.25) is 0 Å². The minimum absolute atomic E-state index is 0.726. The molecule has 58 valence electrons. The van der Waals surface area contributed by atoms with Gasteiger partial charge in [-0.05, 0) is 19.9 Å². The molecule has 1 rings (SSSR count). The van der Waals surface area contributed by atoms with Crippen LogP contribution in [0.1, 0.15) is 12.8 Å². The van der Waals surface area contributed by atoms with E-state index in [-0.39, 0.29) is 0 Å². The van der Waals surface area contributed by atoms with E-state index in [4.69, 9.17) is 5.73 Å². The minimum atomic E-state index is 0.726. The molecule has 0 aromatic heterocycles. The molecule has 1 aliphatic rings. The molecule has 1 aliphatic carbocycles. The Labute approximate surface area is 62.7 Å². The highest BCUT2D eigenvalue weighted by Crippen LogP contribution is 2.14. The predicted molar refractivity (Wildman–Crippen MR) is 43.8 cm³/mol. The Morgan fingerprint density at radius 3 is 2.60 bits per heavy atom. The smallest absolute Gasteiger partial charge is 0.0162 e. The molecule has 0 aromatic rings. The van der Waals surface area contributed by atoms with Gasteiger partial charge >= 0.3 is 0 Å². The zero-order valence-corrected chi connectivity index (χ0v) is 6.59. The van der Waals surface area contributed by atoms with Crippen molar-refractivity contribution in [3.8, 4) is 0 Å². The van der Waals surface area contributed by atoms with Crippen LogP contribution < -0.4 is 5.73 Å². The predicted octanol–water partition coefficient (Wildman–Crippen LogP) is 0.596. The van der Waals surface area contributed by atoms with E-state index >= 15 is 0 Å². The van der Waals surface area contributed by atoms with Gasteiger partial charge in [0, 0.05) is 19.1 Å². The van der Waals surface area contributed by atoms with E-state index in [0.717, 1.165) is 19.1 Å². The maximum absolute atomic E-state index is 5.43. The zero-order chi connectivity index (χ0) is 7.40. The SMILES string of the molecule is CN(CCN)C1CC=CC1. The van der Waals surface area contributed by atoms with E-state index < -0.39 is 0 Å². The molecule has 0 saturated heterocycles. The van der Waals surface area contributed by atoms with E-state index in [1.165, 1.54) is 12.8 Å². The van der Waals surface area contributed by atoms with Crippen LogP contribution in [0.15, 0.2) is 12.2 Å². The largest absolute Gasteiger partial charge is 0.329 e. The van der Waals surface area contributed by atoms with Crippen molar-refractivity contribution in [3.63, 3.8) is 0 Å². The van der Waals surface area contributed by atoms with E-state index in [9.17, 15) is 0 Å². The Morgan fingerprint density at radius 2 is 2.10 bits per heavy atom. The fourth-order valence-corrected chi connectivity index (χ4v) is 1.35. The van der Waals surface area contributed by atoms with Gasteiger partial charge in [-0.15, -0.1) is 0 Å². The Morgan fingerprint density at radius 1 is 1.50 bits per heavy atom. The molecule has 0 spiro atoms. The second-order valence-corrected chi connectivity index (χ2v) is 2.87. The highest BCUT2D eigenvalue weighted by Gasteiger charge is 2.13. The number of hydrogen-bond acceptors (Lipinski definition) is 2. The molecule has 2 nitrogen and oxygen atoms in total. The number of hydrogen-bond donors (Lipinski definition) is 1. The molecule has 0 unspecified atom stereocenters. The third-order valence-electron chi connectivity index (χ3n) is 2.09. The van der Waals surface area contributed by atoms with Crippen molar-refractivity contribution >= 4 is 0 Å². The van der Waals surface area contributed by atoms with Gasteiger partial charge in [0.1, 0.15) is 0 Å². The standard InChI is InChI=1S/C8H16N2/c1-10(7-6-9)8-4-2-3-5-8/h2-3,8H,4-7,9H2,1H3. The van der Waals surface area contributed by atoms with Crippen LogP contribution in [0.5, 0.6) is 0 Å². The van der Waals surface area contributed by atoms with Crippen LogP contribution in [0.2, 0.25) is 0 Å². The summed E-state index contributed by atoms with van der Waals surface area (Å²) < 4.78 is 0. The van der Waals surface area contributed by atoms with Crippen molar-refractivity contribution < 1.29 is 0 Å². The van der Waals surface area contributed by atoms with Crippen molar-refractivity contribution in [1.29, 1.82) is 0 Å². The summed E-state index contributed by atoms with van der Waals surface area (Å²) in [5.41, 5.74) is 5.43. The third-order valence-corrected chi connectivity index (χ3v) is 2.09. The molecule has 0 bridgehead atoms. The number of nitrogens with two attached hydrogens (primary N) is 1. The first-order chi connectivity index (χ1) is 4.84. The third kappa shape index (κ3) is 1.82. The number of nitrogens with zero attached hydrogens (tertiary/aromatic N) is 1.